The summed E-state index contributed by atoms with van der Waals surface area (Å²) in [6.07, 6.45) is 3.61. The second-order valence-corrected chi connectivity index (χ2v) is 5.44. The zero-order valence-corrected chi connectivity index (χ0v) is 10.8. The van der Waals surface area contributed by atoms with E-state index in [-0.39, 0.29) is 6.10 Å². The quantitative estimate of drug-likeness (QED) is 0.867. The van der Waals surface area contributed by atoms with Crippen LogP contribution in [0.4, 0.5) is 0 Å². The van der Waals surface area contributed by atoms with Crippen molar-refractivity contribution in [2.45, 2.75) is 38.3 Å². The lowest BCUT2D eigenvalue weighted by atomic mass is 9.84. The molecule has 0 spiro atoms. The van der Waals surface area contributed by atoms with Crippen LogP contribution < -0.4 is 5.73 Å². The third-order valence-electron chi connectivity index (χ3n) is 4.04. The van der Waals surface area contributed by atoms with Crippen LogP contribution in [0.2, 0.25) is 0 Å². The van der Waals surface area contributed by atoms with E-state index in [2.05, 4.69) is 31.2 Å². The highest BCUT2D eigenvalue weighted by Crippen LogP contribution is 2.33. The van der Waals surface area contributed by atoms with Crippen LogP contribution in [0.1, 0.15) is 30.4 Å². The van der Waals surface area contributed by atoms with Crippen molar-refractivity contribution in [2.75, 3.05) is 6.54 Å². The average molecular weight is 244 g/mol. The zero-order valence-electron chi connectivity index (χ0n) is 10.8. The molecule has 0 amide bonds. The van der Waals surface area contributed by atoms with Crippen LogP contribution in [0.3, 0.4) is 0 Å². The van der Waals surface area contributed by atoms with Gasteiger partial charge in [0.25, 0.3) is 0 Å². The Hall–Kier alpha value is -1.35. The van der Waals surface area contributed by atoms with E-state index >= 15 is 0 Å². The lowest BCUT2D eigenvalue weighted by Gasteiger charge is -2.28. The summed E-state index contributed by atoms with van der Waals surface area (Å²) in [5.74, 6) is 1.43. The van der Waals surface area contributed by atoms with Gasteiger partial charge in [0.15, 0.2) is 0 Å². The minimum Gasteiger partial charge on any atom is -0.472 e. The molecular formula is C15H20N2O. The molecule has 3 rings (SSSR count). The summed E-state index contributed by atoms with van der Waals surface area (Å²) >= 11 is 0. The molecule has 3 atom stereocenters. The summed E-state index contributed by atoms with van der Waals surface area (Å²) in [5.41, 5.74) is 8.11. The summed E-state index contributed by atoms with van der Waals surface area (Å²) in [7, 11) is 0. The molecule has 1 aliphatic heterocycles. The molecule has 2 aliphatic rings. The molecule has 96 valence electrons. The molecule has 0 radical (unpaired) electrons. The normalized spacial score (nSPS) is 30.6. The average Bonchev–Trinajstić information content (AvgIpc) is 2.82. The molecule has 18 heavy (non-hydrogen) atoms. The van der Waals surface area contributed by atoms with Gasteiger partial charge < -0.3 is 10.5 Å². The first kappa shape index (κ1) is 11.7. The Balaban J connectivity index is 1.75. The lowest BCUT2D eigenvalue weighted by Crippen LogP contribution is -2.34. The van der Waals surface area contributed by atoms with Gasteiger partial charge in [-0.3, -0.25) is 0 Å². The van der Waals surface area contributed by atoms with Gasteiger partial charge in [-0.15, -0.1) is 0 Å². The summed E-state index contributed by atoms with van der Waals surface area (Å²) in [6, 6.07) is 8.74. The second-order valence-electron chi connectivity index (χ2n) is 5.44. The Morgan fingerprint density at radius 1 is 1.28 bits per heavy atom. The maximum absolute atomic E-state index is 6.02. The number of aliphatic imine (C=N–C) groups is 1. The van der Waals surface area contributed by atoms with Crippen LogP contribution in [0, 0.1) is 12.8 Å². The minimum absolute atomic E-state index is 0.253. The van der Waals surface area contributed by atoms with Crippen molar-refractivity contribution in [3.8, 4) is 0 Å². The molecule has 3 heteroatoms. The molecule has 3 unspecified atom stereocenters. The molecule has 1 aromatic carbocycles. The van der Waals surface area contributed by atoms with Crippen molar-refractivity contribution >= 4 is 5.90 Å². The van der Waals surface area contributed by atoms with Gasteiger partial charge in [-0.1, -0.05) is 17.7 Å². The first-order valence-corrected chi connectivity index (χ1v) is 6.78. The largest absolute Gasteiger partial charge is 0.472 e. The third kappa shape index (κ3) is 2.15. The fourth-order valence-electron chi connectivity index (χ4n) is 2.85. The number of nitrogens with zero attached hydrogens (tertiary/aromatic N) is 1. The predicted molar refractivity (Wildman–Crippen MR) is 72.8 cm³/mol. The Labute approximate surface area is 108 Å². The minimum atomic E-state index is 0.253. The Kier molecular flexibility index (Phi) is 3.08. The molecule has 0 saturated heterocycles. The summed E-state index contributed by atoms with van der Waals surface area (Å²) in [5, 5.41) is 0. The molecule has 0 aromatic heterocycles. The molecule has 1 fully saturated rings. The number of aryl methyl sites for hydroxylation is 1. The topological polar surface area (TPSA) is 47.6 Å². The van der Waals surface area contributed by atoms with E-state index < -0.39 is 0 Å². The number of fused-ring (bicyclic) bond motifs is 1. The first-order valence-electron chi connectivity index (χ1n) is 6.78. The van der Waals surface area contributed by atoms with Crippen molar-refractivity contribution in [3.63, 3.8) is 0 Å². The van der Waals surface area contributed by atoms with Crippen LogP contribution in [-0.2, 0) is 4.74 Å². The highest BCUT2D eigenvalue weighted by molar-refractivity contribution is 5.95. The van der Waals surface area contributed by atoms with Gasteiger partial charge in [0.2, 0.25) is 5.90 Å². The fraction of sp³-hybridized carbons (Fsp3) is 0.533. The van der Waals surface area contributed by atoms with Crippen molar-refractivity contribution in [3.05, 3.63) is 35.4 Å². The molecule has 2 N–H and O–H groups in total. The number of ether oxygens (including phenoxy) is 1. The van der Waals surface area contributed by atoms with Gasteiger partial charge in [0.05, 0.1) is 6.04 Å². The van der Waals surface area contributed by atoms with E-state index in [1.165, 1.54) is 12.0 Å². The third-order valence-corrected chi connectivity index (χ3v) is 4.04. The number of hydrogen-bond donors (Lipinski definition) is 1. The van der Waals surface area contributed by atoms with Gasteiger partial charge >= 0.3 is 0 Å². The van der Waals surface area contributed by atoms with Gasteiger partial charge in [0, 0.05) is 5.56 Å². The zero-order chi connectivity index (χ0) is 12.5. The number of rotatable bonds is 2. The molecule has 1 aromatic rings. The van der Waals surface area contributed by atoms with Gasteiger partial charge in [0.1, 0.15) is 6.10 Å². The van der Waals surface area contributed by atoms with Crippen LogP contribution in [-0.4, -0.2) is 24.6 Å². The van der Waals surface area contributed by atoms with E-state index in [4.69, 9.17) is 15.5 Å². The number of benzene rings is 1. The molecular weight excluding hydrogens is 224 g/mol. The number of hydrogen-bond acceptors (Lipinski definition) is 3. The summed E-state index contributed by atoms with van der Waals surface area (Å²) in [6.45, 7) is 2.86. The highest BCUT2D eigenvalue weighted by Gasteiger charge is 2.36. The van der Waals surface area contributed by atoms with Crippen molar-refractivity contribution in [1.82, 2.24) is 0 Å². The van der Waals surface area contributed by atoms with E-state index in [0.717, 1.165) is 30.8 Å². The van der Waals surface area contributed by atoms with Crippen LogP contribution in [0.15, 0.2) is 29.3 Å². The van der Waals surface area contributed by atoms with Gasteiger partial charge in [-0.2, -0.15) is 0 Å². The molecule has 3 nitrogen and oxygen atoms in total. The smallest absolute Gasteiger partial charge is 0.216 e. The molecule has 1 saturated carbocycles. The Morgan fingerprint density at radius 3 is 2.78 bits per heavy atom. The first-order chi connectivity index (χ1) is 8.76. The number of nitrogens with two attached hydrogens (primary N) is 1. The highest BCUT2D eigenvalue weighted by atomic mass is 16.5. The van der Waals surface area contributed by atoms with Crippen molar-refractivity contribution in [2.24, 2.45) is 16.6 Å². The SMILES string of the molecule is Cc1ccc(C2=NC3CCC(CN)CC3O2)cc1. The van der Waals surface area contributed by atoms with Gasteiger partial charge in [-0.25, -0.2) is 4.99 Å². The molecule has 1 heterocycles. The maximum Gasteiger partial charge on any atom is 0.216 e. The van der Waals surface area contributed by atoms with Gasteiger partial charge in [-0.05, 0) is 50.8 Å². The van der Waals surface area contributed by atoms with Crippen LogP contribution in [0.5, 0.6) is 0 Å². The predicted octanol–water partition coefficient (Wildman–Crippen LogP) is 2.27. The standard InChI is InChI=1S/C15H20N2O/c1-10-2-5-12(6-3-10)15-17-13-7-4-11(9-16)8-14(13)18-15/h2-3,5-6,11,13-14H,4,7-9,16H2,1H3. The van der Waals surface area contributed by atoms with E-state index in [9.17, 15) is 0 Å². The van der Waals surface area contributed by atoms with Crippen LogP contribution >= 0.6 is 0 Å². The van der Waals surface area contributed by atoms with E-state index in [0.29, 0.717) is 12.0 Å². The Morgan fingerprint density at radius 2 is 2.06 bits per heavy atom. The molecule has 1 aliphatic carbocycles. The van der Waals surface area contributed by atoms with E-state index in [1.807, 2.05) is 0 Å². The maximum atomic E-state index is 6.02. The van der Waals surface area contributed by atoms with Crippen molar-refractivity contribution < 1.29 is 4.74 Å². The summed E-state index contributed by atoms with van der Waals surface area (Å²) < 4.78 is 6.02. The van der Waals surface area contributed by atoms with E-state index in [1.54, 1.807) is 0 Å². The Bertz CT molecular complexity index is 452. The second kappa shape index (κ2) is 4.73. The van der Waals surface area contributed by atoms with Crippen LogP contribution in [0.25, 0.3) is 0 Å². The monoisotopic (exact) mass is 244 g/mol. The lowest BCUT2D eigenvalue weighted by molar-refractivity contribution is 0.123. The molecule has 0 bridgehead atoms. The van der Waals surface area contributed by atoms with Crippen molar-refractivity contribution in [1.29, 1.82) is 0 Å². The summed E-state index contributed by atoms with van der Waals surface area (Å²) in [4.78, 5) is 4.73. The fourth-order valence-corrected chi connectivity index (χ4v) is 2.85.